The third-order valence-electron chi connectivity index (χ3n) is 3.77. The number of methoxy groups -OCH3 is 1. The molecule has 3 unspecified atom stereocenters. The first kappa shape index (κ1) is 13.3. The lowest BCUT2D eigenvalue weighted by molar-refractivity contribution is -0.151. The van der Waals surface area contributed by atoms with Gasteiger partial charge in [0.05, 0.1) is 25.4 Å². The average Bonchev–Trinajstić information content (AvgIpc) is 3.12. The summed E-state index contributed by atoms with van der Waals surface area (Å²) >= 11 is 0. The lowest BCUT2D eigenvalue weighted by Gasteiger charge is -2.43. The van der Waals surface area contributed by atoms with Crippen LogP contribution in [0.2, 0.25) is 0 Å². The standard InChI is InChI=1S/C13H25NO3/c1-14-11-9-12(13(11)17-8-7-15-2)16-6-5-10-3-4-10/h10-14H,3-9H2,1-2H3. The number of nitrogens with one attached hydrogen (secondary N) is 1. The van der Waals surface area contributed by atoms with Crippen molar-refractivity contribution >= 4 is 0 Å². The molecule has 2 aliphatic rings. The van der Waals surface area contributed by atoms with Crippen molar-refractivity contribution < 1.29 is 14.2 Å². The van der Waals surface area contributed by atoms with E-state index in [1.54, 1.807) is 7.11 Å². The van der Waals surface area contributed by atoms with Crippen LogP contribution in [-0.4, -0.2) is 52.2 Å². The summed E-state index contributed by atoms with van der Waals surface area (Å²) in [6, 6.07) is 0.442. The fourth-order valence-corrected chi connectivity index (χ4v) is 2.31. The highest BCUT2D eigenvalue weighted by Gasteiger charge is 2.42. The van der Waals surface area contributed by atoms with E-state index in [1.165, 1.54) is 19.3 Å². The molecule has 1 N–H and O–H groups in total. The van der Waals surface area contributed by atoms with Gasteiger partial charge in [0.1, 0.15) is 0 Å². The Labute approximate surface area is 104 Å². The van der Waals surface area contributed by atoms with Crippen LogP contribution >= 0.6 is 0 Å². The van der Waals surface area contributed by atoms with Gasteiger partial charge in [-0.25, -0.2) is 0 Å². The largest absolute Gasteiger partial charge is 0.382 e. The third-order valence-corrected chi connectivity index (χ3v) is 3.77. The molecular weight excluding hydrogens is 218 g/mol. The monoisotopic (exact) mass is 243 g/mol. The molecule has 3 atom stereocenters. The molecule has 2 aliphatic carbocycles. The fraction of sp³-hybridized carbons (Fsp3) is 1.00. The Kier molecular flexibility index (Phi) is 5.22. The number of likely N-dealkylation sites (N-methyl/N-ethyl adjacent to an activating group) is 1. The molecule has 0 amide bonds. The summed E-state index contributed by atoms with van der Waals surface area (Å²) < 4.78 is 16.7. The predicted octanol–water partition coefficient (Wildman–Crippen LogP) is 1.19. The molecule has 0 aromatic rings. The summed E-state index contributed by atoms with van der Waals surface area (Å²) in [5.41, 5.74) is 0. The number of ether oxygens (including phenoxy) is 3. The van der Waals surface area contributed by atoms with Crippen LogP contribution in [-0.2, 0) is 14.2 Å². The SMILES string of the molecule is CNC1CC(OCCC2CC2)C1OCCOC. The molecule has 0 heterocycles. The quantitative estimate of drug-likeness (QED) is 0.618. The summed E-state index contributed by atoms with van der Waals surface area (Å²) in [6.45, 7) is 2.21. The molecule has 0 spiro atoms. The molecule has 2 saturated carbocycles. The Morgan fingerprint density at radius 2 is 1.94 bits per heavy atom. The second kappa shape index (κ2) is 6.69. The van der Waals surface area contributed by atoms with Crippen LogP contribution in [0.25, 0.3) is 0 Å². The van der Waals surface area contributed by atoms with Gasteiger partial charge in [-0.1, -0.05) is 12.8 Å². The van der Waals surface area contributed by atoms with E-state index in [2.05, 4.69) is 5.32 Å². The molecule has 4 nitrogen and oxygen atoms in total. The van der Waals surface area contributed by atoms with Gasteiger partial charge in [0.25, 0.3) is 0 Å². The van der Waals surface area contributed by atoms with Gasteiger partial charge in [-0.05, 0) is 25.8 Å². The lowest BCUT2D eigenvalue weighted by atomic mass is 9.85. The average molecular weight is 243 g/mol. The van der Waals surface area contributed by atoms with Crippen molar-refractivity contribution in [2.45, 2.75) is 43.9 Å². The first-order chi connectivity index (χ1) is 8.35. The zero-order chi connectivity index (χ0) is 12.1. The minimum absolute atomic E-state index is 0.203. The van der Waals surface area contributed by atoms with Crippen LogP contribution in [0.1, 0.15) is 25.7 Å². The highest BCUT2D eigenvalue weighted by atomic mass is 16.6. The molecule has 2 fully saturated rings. The van der Waals surface area contributed by atoms with Crippen molar-refractivity contribution in [2.75, 3.05) is 34.0 Å². The van der Waals surface area contributed by atoms with Gasteiger partial charge in [0.2, 0.25) is 0 Å². The van der Waals surface area contributed by atoms with Gasteiger partial charge in [-0.2, -0.15) is 0 Å². The second-order valence-corrected chi connectivity index (χ2v) is 5.10. The molecule has 0 radical (unpaired) electrons. The van der Waals surface area contributed by atoms with Crippen molar-refractivity contribution in [1.82, 2.24) is 5.32 Å². The lowest BCUT2D eigenvalue weighted by Crippen LogP contribution is -2.59. The second-order valence-electron chi connectivity index (χ2n) is 5.10. The van der Waals surface area contributed by atoms with Gasteiger partial charge in [0.15, 0.2) is 0 Å². The van der Waals surface area contributed by atoms with E-state index in [0.29, 0.717) is 19.3 Å². The molecule has 0 aliphatic heterocycles. The summed E-state index contributed by atoms with van der Waals surface area (Å²) in [7, 11) is 3.68. The first-order valence-electron chi connectivity index (χ1n) is 6.74. The minimum atomic E-state index is 0.203. The van der Waals surface area contributed by atoms with Gasteiger partial charge in [-0.15, -0.1) is 0 Å². The Hall–Kier alpha value is -0.160. The van der Waals surface area contributed by atoms with E-state index >= 15 is 0 Å². The number of rotatable bonds is 9. The maximum atomic E-state index is 5.90. The molecule has 2 rings (SSSR count). The van der Waals surface area contributed by atoms with Crippen molar-refractivity contribution in [3.05, 3.63) is 0 Å². The molecule has 0 aromatic heterocycles. The van der Waals surface area contributed by atoms with Gasteiger partial charge >= 0.3 is 0 Å². The van der Waals surface area contributed by atoms with Crippen LogP contribution in [0.4, 0.5) is 0 Å². The Bertz CT molecular complexity index is 221. The van der Waals surface area contributed by atoms with Gasteiger partial charge < -0.3 is 19.5 Å². The zero-order valence-electron chi connectivity index (χ0n) is 11.0. The summed E-state index contributed by atoms with van der Waals surface area (Å²) in [6.07, 6.45) is 5.59. The third kappa shape index (κ3) is 3.91. The van der Waals surface area contributed by atoms with Gasteiger partial charge in [-0.3, -0.25) is 0 Å². The minimum Gasteiger partial charge on any atom is -0.382 e. The zero-order valence-corrected chi connectivity index (χ0v) is 11.0. The van der Waals surface area contributed by atoms with Crippen molar-refractivity contribution in [2.24, 2.45) is 5.92 Å². The number of hydrogen-bond acceptors (Lipinski definition) is 4. The van der Waals surface area contributed by atoms with Gasteiger partial charge in [0, 0.05) is 19.8 Å². The van der Waals surface area contributed by atoms with E-state index in [4.69, 9.17) is 14.2 Å². The predicted molar refractivity (Wildman–Crippen MR) is 66.2 cm³/mol. The van der Waals surface area contributed by atoms with Crippen molar-refractivity contribution in [3.8, 4) is 0 Å². The van der Waals surface area contributed by atoms with Crippen molar-refractivity contribution in [1.29, 1.82) is 0 Å². The summed E-state index contributed by atoms with van der Waals surface area (Å²) in [5, 5.41) is 3.27. The summed E-state index contributed by atoms with van der Waals surface area (Å²) in [5.74, 6) is 0.947. The van der Waals surface area contributed by atoms with Crippen LogP contribution in [0, 0.1) is 5.92 Å². The van der Waals surface area contributed by atoms with E-state index in [9.17, 15) is 0 Å². The van der Waals surface area contributed by atoms with Crippen LogP contribution in [0.3, 0.4) is 0 Å². The van der Waals surface area contributed by atoms with Crippen LogP contribution in [0.15, 0.2) is 0 Å². The van der Waals surface area contributed by atoms with E-state index in [-0.39, 0.29) is 12.2 Å². The topological polar surface area (TPSA) is 39.7 Å². The molecule has 4 heteroatoms. The molecule has 0 bridgehead atoms. The summed E-state index contributed by atoms with van der Waals surface area (Å²) in [4.78, 5) is 0. The maximum Gasteiger partial charge on any atom is 0.0991 e. The van der Waals surface area contributed by atoms with Crippen molar-refractivity contribution in [3.63, 3.8) is 0 Å². The molecule has 100 valence electrons. The Morgan fingerprint density at radius 3 is 2.59 bits per heavy atom. The van der Waals surface area contributed by atoms with Crippen LogP contribution in [0.5, 0.6) is 0 Å². The van der Waals surface area contributed by atoms with E-state index < -0.39 is 0 Å². The molecule has 0 aromatic carbocycles. The highest BCUT2D eigenvalue weighted by Crippen LogP contribution is 2.33. The Morgan fingerprint density at radius 1 is 1.12 bits per heavy atom. The Balaban J connectivity index is 1.61. The smallest absolute Gasteiger partial charge is 0.0991 e. The van der Waals surface area contributed by atoms with E-state index in [0.717, 1.165) is 18.9 Å². The fourth-order valence-electron chi connectivity index (χ4n) is 2.31. The highest BCUT2D eigenvalue weighted by molar-refractivity contribution is 4.96. The first-order valence-corrected chi connectivity index (χ1v) is 6.74. The van der Waals surface area contributed by atoms with E-state index in [1.807, 2.05) is 7.05 Å². The molecule has 17 heavy (non-hydrogen) atoms. The maximum absolute atomic E-state index is 5.90. The molecule has 0 saturated heterocycles. The van der Waals surface area contributed by atoms with Crippen LogP contribution < -0.4 is 5.32 Å². The normalized spacial score (nSPS) is 32.5. The molecular formula is C13H25NO3. The number of hydrogen-bond donors (Lipinski definition) is 1.